The van der Waals surface area contributed by atoms with Crippen LogP contribution in [-0.2, 0) is 14.3 Å². The summed E-state index contributed by atoms with van der Waals surface area (Å²) in [4.78, 5) is 19.1. The molecule has 0 aliphatic carbocycles. The number of aromatic nitrogens is 2. The van der Waals surface area contributed by atoms with Crippen LogP contribution in [0.15, 0.2) is 30.6 Å². The molecular weight excluding hydrogens is 419 g/mol. The number of carboxylic acid groups (broad SMARTS) is 1. The zero-order valence-electron chi connectivity index (χ0n) is 17.3. The van der Waals surface area contributed by atoms with Gasteiger partial charge in [-0.05, 0) is 18.6 Å². The molecule has 1 aromatic heterocycles. The summed E-state index contributed by atoms with van der Waals surface area (Å²) in [7, 11) is 2.81. The maximum atomic E-state index is 13.7. The molecule has 0 radical (unpaired) electrons. The molecule has 170 valence electrons. The third-order valence-corrected chi connectivity index (χ3v) is 4.34. The number of methoxy groups -OCH3 is 2. The molecule has 0 amide bonds. The van der Waals surface area contributed by atoms with E-state index < -0.39 is 24.2 Å². The average molecular weight is 443 g/mol. The number of nitrogens with one attached hydrogen (secondary N) is 1. The highest BCUT2D eigenvalue weighted by molar-refractivity contribution is 5.69. The van der Waals surface area contributed by atoms with Gasteiger partial charge in [0.25, 0.3) is 0 Å². The summed E-state index contributed by atoms with van der Waals surface area (Å²) in [5.41, 5.74) is 0.759. The highest BCUT2D eigenvalue weighted by Crippen LogP contribution is 2.41. The number of anilines is 2. The third-order valence-electron chi connectivity index (χ3n) is 4.34. The van der Waals surface area contributed by atoms with Crippen LogP contribution in [0.5, 0.6) is 6.01 Å². The van der Waals surface area contributed by atoms with Crippen LogP contribution in [0.1, 0.15) is 36.5 Å². The van der Waals surface area contributed by atoms with Gasteiger partial charge in [-0.1, -0.05) is 12.1 Å². The Morgan fingerprint density at radius 2 is 1.90 bits per heavy atom. The number of aliphatic carboxylic acids is 1. The number of alkyl halides is 3. The molecule has 2 aromatic rings. The van der Waals surface area contributed by atoms with Gasteiger partial charge in [0, 0.05) is 30.9 Å². The lowest BCUT2D eigenvalue weighted by molar-refractivity contribution is -0.222. The van der Waals surface area contributed by atoms with Crippen molar-refractivity contribution in [3.8, 4) is 6.01 Å². The molecule has 2 atom stereocenters. The van der Waals surface area contributed by atoms with Crippen molar-refractivity contribution in [2.75, 3.05) is 32.8 Å². The van der Waals surface area contributed by atoms with E-state index in [-0.39, 0.29) is 36.9 Å². The highest BCUT2D eigenvalue weighted by Gasteiger charge is 2.43. The molecular formula is C20H24F3N3O5. The number of carbonyl (C=O) groups is 1. The van der Waals surface area contributed by atoms with E-state index in [1.54, 1.807) is 0 Å². The topological polar surface area (TPSA) is 103 Å². The van der Waals surface area contributed by atoms with Crippen LogP contribution in [0, 0.1) is 0 Å². The number of halogens is 3. The van der Waals surface area contributed by atoms with Crippen molar-refractivity contribution in [1.82, 2.24) is 9.97 Å². The first-order valence-electron chi connectivity index (χ1n) is 9.35. The van der Waals surface area contributed by atoms with E-state index in [9.17, 15) is 23.1 Å². The van der Waals surface area contributed by atoms with E-state index in [1.807, 2.05) is 0 Å². The summed E-state index contributed by atoms with van der Waals surface area (Å²) < 4.78 is 56.0. The molecule has 1 aromatic carbocycles. The van der Waals surface area contributed by atoms with Crippen molar-refractivity contribution in [3.63, 3.8) is 0 Å². The predicted octanol–water partition coefficient (Wildman–Crippen LogP) is 4.07. The molecule has 2 rings (SSSR count). The molecule has 0 aliphatic heterocycles. The van der Waals surface area contributed by atoms with Crippen LogP contribution in [-0.4, -0.2) is 54.7 Å². The van der Waals surface area contributed by atoms with Gasteiger partial charge in [0.2, 0.25) is 0 Å². The summed E-state index contributed by atoms with van der Waals surface area (Å²) in [5, 5.41) is 12.1. The zero-order valence-corrected chi connectivity index (χ0v) is 17.3. The standard InChI is InChI=1S/C20H24F3N3O5/c1-4-31-18(20(21,22)23)15-6-5-12(13(11-29-2)8-17(27)28)7-16(15)26-14-9-24-19(30-3)25-10-14/h5-7,9-10,13,18,26H,4,8,11H2,1-3H3,(H,27,28)/t13-,18-/m0/s1. The Kier molecular flexibility index (Phi) is 8.57. The molecule has 0 spiro atoms. The van der Waals surface area contributed by atoms with E-state index in [0.29, 0.717) is 11.3 Å². The van der Waals surface area contributed by atoms with Crippen molar-refractivity contribution >= 4 is 17.3 Å². The Hall–Kier alpha value is -2.92. The van der Waals surface area contributed by atoms with Gasteiger partial charge in [0.15, 0.2) is 6.10 Å². The molecule has 8 nitrogen and oxygen atoms in total. The lowest BCUT2D eigenvalue weighted by Crippen LogP contribution is -2.24. The number of rotatable bonds is 11. The van der Waals surface area contributed by atoms with Gasteiger partial charge in [-0.15, -0.1) is 0 Å². The molecule has 0 saturated heterocycles. The number of ether oxygens (including phenoxy) is 3. The molecule has 11 heteroatoms. The third kappa shape index (κ3) is 6.79. The van der Waals surface area contributed by atoms with Crippen LogP contribution >= 0.6 is 0 Å². The lowest BCUT2D eigenvalue weighted by Gasteiger charge is -2.25. The molecule has 0 saturated carbocycles. The van der Waals surface area contributed by atoms with Gasteiger partial charge in [-0.25, -0.2) is 9.97 Å². The van der Waals surface area contributed by atoms with E-state index in [1.165, 1.54) is 51.7 Å². The van der Waals surface area contributed by atoms with Crippen molar-refractivity contribution in [1.29, 1.82) is 0 Å². The minimum atomic E-state index is -4.66. The quantitative estimate of drug-likeness (QED) is 0.536. The Bertz CT molecular complexity index is 862. The van der Waals surface area contributed by atoms with Crippen LogP contribution in [0.25, 0.3) is 0 Å². The first kappa shape index (κ1) is 24.4. The minimum Gasteiger partial charge on any atom is -0.481 e. The zero-order chi connectivity index (χ0) is 23.0. The van der Waals surface area contributed by atoms with Crippen LogP contribution in [0.4, 0.5) is 24.5 Å². The fourth-order valence-electron chi connectivity index (χ4n) is 3.02. The molecule has 0 bridgehead atoms. The van der Waals surface area contributed by atoms with Gasteiger partial charge < -0.3 is 24.6 Å². The Labute approximate surface area is 177 Å². The second-order valence-electron chi connectivity index (χ2n) is 6.56. The van der Waals surface area contributed by atoms with Crippen molar-refractivity contribution in [2.24, 2.45) is 0 Å². The van der Waals surface area contributed by atoms with Gasteiger partial charge in [-0.3, -0.25) is 4.79 Å². The first-order valence-corrected chi connectivity index (χ1v) is 9.35. The van der Waals surface area contributed by atoms with Crippen molar-refractivity contribution < 1.29 is 37.3 Å². The Morgan fingerprint density at radius 3 is 2.42 bits per heavy atom. The second-order valence-corrected chi connectivity index (χ2v) is 6.56. The Balaban J connectivity index is 2.53. The Morgan fingerprint density at radius 1 is 1.23 bits per heavy atom. The lowest BCUT2D eigenvalue weighted by atomic mass is 9.93. The molecule has 1 heterocycles. The summed E-state index contributed by atoms with van der Waals surface area (Å²) in [6.45, 7) is 1.41. The number of benzene rings is 1. The largest absolute Gasteiger partial charge is 0.481 e. The number of carboxylic acids is 1. The second kappa shape index (κ2) is 10.9. The summed E-state index contributed by atoms with van der Waals surface area (Å²) in [6, 6.07) is 4.29. The predicted molar refractivity (Wildman–Crippen MR) is 106 cm³/mol. The monoisotopic (exact) mass is 443 g/mol. The molecule has 0 aliphatic rings. The van der Waals surface area contributed by atoms with E-state index >= 15 is 0 Å². The highest BCUT2D eigenvalue weighted by atomic mass is 19.4. The van der Waals surface area contributed by atoms with E-state index in [2.05, 4.69) is 15.3 Å². The smallest absolute Gasteiger partial charge is 0.418 e. The number of hydrogen-bond acceptors (Lipinski definition) is 7. The summed E-state index contributed by atoms with van der Waals surface area (Å²) >= 11 is 0. The molecule has 31 heavy (non-hydrogen) atoms. The summed E-state index contributed by atoms with van der Waals surface area (Å²) in [5.74, 6) is -1.60. The van der Waals surface area contributed by atoms with Crippen LogP contribution < -0.4 is 10.1 Å². The van der Waals surface area contributed by atoms with E-state index in [4.69, 9.17) is 14.2 Å². The number of nitrogens with zero attached hydrogens (tertiary/aromatic N) is 2. The van der Waals surface area contributed by atoms with Crippen molar-refractivity contribution in [3.05, 3.63) is 41.7 Å². The van der Waals surface area contributed by atoms with Gasteiger partial charge in [0.1, 0.15) is 0 Å². The average Bonchev–Trinajstić information content (AvgIpc) is 2.71. The SMILES string of the molecule is CCO[C@@H](c1ccc([C@H](COC)CC(=O)O)cc1Nc1cnc(OC)nc1)C(F)(F)F. The van der Waals surface area contributed by atoms with Crippen LogP contribution in [0.3, 0.4) is 0 Å². The van der Waals surface area contributed by atoms with Gasteiger partial charge in [0.05, 0.1) is 38.2 Å². The maximum absolute atomic E-state index is 13.7. The fraction of sp³-hybridized carbons (Fsp3) is 0.450. The first-order chi connectivity index (χ1) is 14.7. The minimum absolute atomic E-state index is 0.0882. The number of hydrogen-bond donors (Lipinski definition) is 2. The normalized spacial score (nSPS) is 13.5. The fourth-order valence-corrected chi connectivity index (χ4v) is 3.02. The molecule has 0 unspecified atom stereocenters. The maximum Gasteiger partial charge on any atom is 0.418 e. The van der Waals surface area contributed by atoms with Crippen molar-refractivity contribution in [2.45, 2.75) is 31.5 Å². The van der Waals surface area contributed by atoms with E-state index in [0.717, 1.165) is 0 Å². The molecule has 0 fully saturated rings. The van der Waals surface area contributed by atoms with Gasteiger partial charge in [-0.2, -0.15) is 13.2 Å². The van der Waals surface area contributed by atoms with Gasteiger partial charge >= 0.3 is 18.2 Å². The van der Waals surface area contributed by atoms with Crippen LogP contribution in [0.2, 0.25) is 0 Å². The molecule has 2 N–H and O–H groups in total. The summed E-state index contributed by atoms with van der Waals surface area (Å²) in [6.07, 6.45) is -4.36.